The van der Waals surface area contributed by atoms with Gasteiger partial charge in [0.15, 0.2) is 5.78 Å². The standard InChI is InChI=1S/C12H13BrO2/c1-7-5-8-3-4-10(13)12(14)9(8)6-11(7)15-2/h5-6,10H,3-4H2,1-2H3. The van der Waals surface area contributed by atoms with Gasteiger partial charge < -0.3 is 4.74 Å². The predicted molar refractivity (Wildman–Crippen MR) is 63.1 cm³/mol. The maximum Gasteiger partial charge on any atom is 0.176 e. The van der Waals surface area contributed by atoms with E-state index in [1.54, 1.807) is 7.11 Å². The average Bonchev–Trinajstić information content (AvgIpc) is 2.23. The Hall–Kier alpha value is -0.830. The molecule has 0 amide bonds. The lowest BCUT2D eigenvalue weighted by atomic mass is 9.89. The molecule has 0 spiro atoms. The fourth-order valence-electron chi connectivity index (χ4n) is 1.99. The highest BCUT2D eigenvalue weighted by Crippen LogP contribution is 2.30. The molecule has 1 aromatic carbocycles. The van der Waals surface area contributed by atoms with Crippen LogP contribution in [0, 0.1) is 6.92 Å². The highest BCUT2D eigenvalue weighted by Gasteiger charge is 2.26. The van der Waals surface area contributed by atoms with E-state index >= 15 is 0 Å². The molecule has 0 heterocycles. The van der Waals surface area contributed by atoms with Crippen molar-refractivity contribution < 1.29 is 9.53 Å². The van der Waals surface area contributed by atoms with E-state index < -0.39 is 0 Å². The van der Waals surface area contributed by atoms with Crippen LogP contribution in [-0.4, -0.2) is 17.7 Å². The Kier molecular flexibility index (Phi) is 2.83. The number of benzene rings is 1. The van der Waals surface area contributed by atoms with Gasteiger partial charge >= 0.3 is 0 Å². The first kappa shape index (κ1) is 10.7. The summed E-state index contributed by atoms with van der Waals surface area (Å²) in [5.41, 5.74) is 3.05. The molecule has 1 aromatic rings. The van der Waals surface area contributed by atoms with E-state index in [2.05, 4.69) is 22.0 Å². The van der Waals surface area contributed by atoms with Gasteiger partial charge in [0.25, 0.3) is 0 Å². The third-order valence-corrected chi connectivity index (χ3v) is 3.71. The van der Waals surface area contributed by atoms with Gasteiger partial charge in [0.05, 0.1) is 11.9 Å². The number of ketones is 1. The van der Waals surface area contributed by atoms with Gasteiger partial charge in [-0.25, -0.2) is 0 Å². The van der Waals surface area contributed by atoms with Gasteiger partial charge in [-0.15, -0.1) is 0 Å². The average molecular weight is 269 g/mol. The number of Topliss-reactive ketones (excluding diaryl/α,β-unsaturated/α-hetero) is 1. The van der Waals surface area contributed by atoms with E-state index in [1.807, 2.05) is 13.0 Å². The first-order chi connectivity index (χ1) is 7.13. The smallest absolute Gasteiger partial charge is 0.176 e. The number of carbonyl (C=O) groups is 1. The van der Waals surface area contributed by atoms with Gasteiger partial charge in [-0.1, -0.05) is 22.0 Å². The second-order valence-electron chi connectivity index (χ2n) is 3.85. The summed E-state index contributed by atoms with van der Waals surface area (Å²) in [6.45, 7) is 2.00. The molecule has 1 atom stereocenters. The number of ether oxygens (including phenoxy) is 1. The molecule has 0 radical (unpaired) electrons. The Morgan fingerprint density at radius 3 is 2.87 bits per heavy atom. The third kappa shape index (κ3) is 1.81. The van der Waals surface area contributed by atoms with E-state index in [9.17, 15) is 4.79 Å². The number of hydrogen-bond donors (Lipinski definition) is 0. The predicted octanol–water partition coefficient (Wildman–Crippen LogP) is 2.90. The van der Waals surface area contributed by atoms with Crippen LogP contribution >= 0.6 is 15.9 Å². The van der Waals surface area contributed by atoms with Crippen LogP contribution in [-0.2, 0) is 6.42 Å². The van der Waals surface area contributed by atoms with Gasteiger partial charge in [-0.3, -0.25) is 4.79 Å². The molecule has 2 rings (SSSR count). The molecule has 0 saturated carbocycles. The van der Waals surface area contributed by atoms with Crippen molar-refractivity contribution in [3.05, 3.63) is 28.8 Å². The molecule has 80 valence electrons. The molecular weight excluding hydrogens is 256 g/mol. The van der Waals surface area contributed by atoms with Crippen molar-refractivity contribution in [2.24, 2.45) is 0 Å². The quantitative estimate of drug-likeness (QED) is 0.733. The first-order valence-electron chi connectivity index (χ1n) is 4.99. The minimum absolute atomic E-state index is 0.0302. The van der Waals surface area contributed by atoms with Crippen molar-refractivity contribution >= 4 is 21.7 Å². The minimum atomic E-state index is -0.0302. The van der Waals surface area contributed by atoms with E-state index in [0.717, 1.165) is 35.3 Å². The minimum Gasteiger partial charge on any atom is -0.496 e. The number of methoxy groups -OCH3 is 1. The molecule has 0 aliphatic heterocycles. The maximum absolute atomic E-state index is 11.9. The number of carbonyl (C=O) groups excluding carboxylic acids is 1. The number of hydrogen-bond acceptors (Lipinski definition) is 2. The highest BCUT2D eigenvalue weighted by atomic mass is 79.9. The summed E-state index contributed by atoms with van der Waals surface area (Å²) in [5.74, 6) is 0.971. The summed E-state index contributed by atoms with van der Waals surface area (Å²) in [6.07, 6.45) is 1.85. The highest BCUT2D eigenvalue weighted by molar-refractivity contribution is 9.10. The zero-order chi connectivity index (χ0) is 11.0. The molecule has 3 heteroatoms. The number of rotatable bonds is 1. The number of fused-ring (bicyclic) bond motifs is 1. The van der Waals surface area contributed by atoms with E-state index in [1.165, 1.54) is 0 Å². The lowest BCUT2D eigenvalue weighted by molar-refractivity contribution is 0.0981. The lowest BCUT2D eigenvalue weighted by Crippen LogP contribution is -2.22. The summed E-state index contributed by atoms with van der Waals surface area (Å²) < 4.78 is 5.23. The van der Waals surface area contributed by atoms with E-state index in [-0.39, 0.29) is 10.6 Å². The molecule has 1 aliphatic carbocycles. The fourth-order valence-corrected chi connectivity index (χ4v) is 2.46. The molecule has 0 aromatic heterocycles. The van der Waals surface area contributed by atoms with Crippen LogP contribution < -0.4 is 4.74 Å². The van der Waals surface area contributed by atoms with Crippen molar-refractivity contribution in [3.63, 3.8) is 0 Å². The Morgan fingerprint density at radius 2 is 2.20 bits per heavy atom. The van der Waals surface area contributed by atoms with Gasteiger partial charge in [0, 0.05) is 5.56 Å². The molecular formula is C12H13BrO2. The summed E-state index contributed by atoms with van der Waals surface area (Å²) in [7, 11) is 1.63. The van der Waals surface area contributed by atoms with E-state index in [0.29, 0.717) is 0 Å². The van der Waals surface area contributed by atoms with Gasteiger partial charge in [0.1, 0.15) is 5.75 Å². The van der Waals surface area contributed by atoms with Crippen molar-refractivity contribution in [2.75, 3.05) is 7.11 Å². The Bertz CT molecular complexity index is 412. The van der Waals surface area contributed by atoms with Crippen LogP contribution in [0.4, 0.5) is 0 Å². The van der Waals surface area contributed by atoms with Crippen molar-refractivity contribution in [3.8, 4) is 5.75 Å². The number of halogens is 1. The van der Waals surface area contributed by atoms with Crippen LogP contribution in [0.1, 0.15) is 27.9 Å². The zero-order valence-electron chi connectivity index (χ0n) is 8.84. The Labute approximate surface area is 97.8 Å². The van der Waals surface area contributed by atoms with Crippen LogP contribution in [0.3, 0.4) is 0 Å². The topological polar surface area (TPSA) is 26.3 Å². The maximum atomic E-state index is 11.9. The van der Waals surface area contributed by atoms with Crippen LogP contribution in [0.2, 0.25) is 0 Å². The van der Waals surface area contributed by atoms with Crippen LogP contribution in [0.15, 0.2) is 12.1 Å². The van der Waals surface area contributed by atoms with Crippen molar-refractivity contribution in [1.29, 1.82) is 0 Å². The summed E-state index contributed by atoms with van der Waals surface area (Å²) in [6, 6.07) is 3.92. The van der Waals surface area contributed by atoms with Gasteiger partial charge in [-0.05, 0) is 37.0 Å². The molecule has 1 aliphatic rings. The summed E-state index contributed by atoms with van der Waals surface area (Å²) >= 11 is 3.40. The lowest BCUT2D eigenvalue weighted by Gasteiger charge is -2.20. The SMILES string of the molecule is COc1cc2c(cc1C)CCC(Br)C2=O. The van der Waals surface area contributed by atoms with Crippen LogP contribution in [0.25, 0.3) is 0 Å². The Morgan fingerprint density at radius 1 is 1.47 bits per heavy atom. The van der Waals surface area contributed by atoms with Crippen LogP contribution in [0.5, 0.6) is 5.75 Å². The monoisotopic (exact) mass is 268 g/mol. The molecule has 0 saturated heterocycles. The number of aryl methyl sites for hydroxylation is 2. The number of alkyl halides is 1. The third-order valence-electron chi connectivity index (χ3n) is 2.84. The Balaban J connectivity index is 2.53. The van der Waals surface area contributed by atoms with Gasteiger partial charge in [-0.2, -0.15) is 0 Å². The zero-order valence-corrected chi connectivity index (χ0v) is 10.4. The first-order valence-corrected chi connectivity index (χ1v) is 5.91. The normalized spacial score (nSPS) is 19.9. The molecule has 0 fully saturated rings. The van der Waals surface area contributed by atoms with Gasteiger partial charge in [0.2, 0.25) is 0 Å². The molecule has 0 N–H and O–H groups in total. The fraction of sp³-hybridized carbons (Fsp3) is 0.417. The molecule has 0 bridgehead atoms. The largest absolute Gasteiger partial charge is 0.496 e. The second kappa shape index (κ2) is 3.97. The summed E-state index contributed by atoms with van der Waals surface area (Å²) in [5, 5.41) is 0. The molecule has 1 unspecified atom stereocenters. The second-order valence-corrected chi connectivity index (χ2v) is 4.95. The molecule has 2 nitrogen and oxygen atoms in total. The van der Waals surface area contributed by atoms with E-state index in [4.69, 9.17) is 4.74 Å². The summed E-state index contributed by atoms with van der Waals surface area (Å²) in [4.78, 5) is 11.9. The van der Waals surface area contributed by atoms with Crippen molar-refractivity contribution in [1.82, 2.24) is 0 Å². The molecule has 15 heavy (non-hydrogen) atoms. The van der Waals surface area contributed by atoms with Crippen molar-refractivity contribution in [2.45, 2.75) is 24.6 Å².